The van der Waals surface area contributed by atoms with Crippen LogP contribution in [-0.2, 0) is 9.53 Å². The Balaban J connectivity index is 1.45. The summed E-state index contributed by atoms with van der Waals surface area (Å²) in [5.41, 5.74) is 1.97. The predicted molar refractivity (Wildman–Crippen MR) is 134 cm³/mol. The highest BCUT2D eigenvalue weighted by atomic mass is 19.2. The molecule has 3 heterocycles. The molecule has 1 aliphatic carbocycles. The van der Waals surface area contributed by atoms with E-state index in [1.165, 1.54) is 0 Å². The van der Waals surface area contributed by atoms with Crippen molar-refractivity contribution in [2.24, 2.45) is 0 Å². The predicted octanol–water partition coefficient (Wildman–Crippen LogP) is 4.79. The topological polar surface area (TPSA) is 50.6 Å². The molecule has 0 radical (unpaired) electrons. The van der Waals surface area contributed by atoms with Crippen LogP contribution < -0.4 is 0 Å². The summed E-state index contributed by atoms with van der Waals surface area (Å²) in [6.45, 7) is 5.79. The van der Waals surface area contributed by atoms with Gasteiger partial charge < -0.3 is 14.2 Å². The molecule has 9 heteroatoms. The van der Waals surface area contributed by atoms with Gasteiger partial charge in [0, 0.05) is 50.1 Å². The molecule has 1 unspecified atom stereocenters. The second-order valence-electron chi connectivity index (χ2n) is 9.99. The Morgan fingerprint density at radius 2 is 1.97 bits per heavy atom. The molecule has 1 aromatic heterocycles. The molecule has 3 aliphatic rings. The van der Waals surface area contributed by atoms with Gasteiger partial charge >= 0.3 is 0 Å². The van der Waals surface area contributed by atoms with Gasteiger partial charge in [0.15, 0.2) is 17.5 Å². The summed E-state index contributed by atoms with van der Waals surface area (Å²) in [7, 11) is 1.62. The summed E-state index contributed by atoms with van der Waals surface area (Å²) in [5, 5.41) is 0. The standard InChI is InChI=1S/C28H31F3N4O2/c1-4-33-15-22-6-5-19(13-28(37-3)9-7-21(8-10-28)34-14-18(2)32-17-34)27(36)35(22)25(16-33)20-11-23(29)26(31)24(30)12-20/h7-9,11-14,17,22,25H,4-6,10,15-16H2,1-3H3/b19-13+/t22-,25-,28?/m0/s1. The number of carbonyl (C=O) groups excluding carboxylic acids is 1. The van der Waals surface area contributed by atoms with E-state index in [0.717, 1.165) is 36.5 Å². The summed E-state index contributed by atoms with van der Waals surface area (Å²) in [5.74, 6) is -4.17. The summed E-state index contributed by atoms with van der Waals surface area (Å²) < 4.78 is 49.8. The SMILES string of the molecule is CCN1C[C@@H]2CC/C(=C\C3(OC)C=CC(n4cnc(C)c4)=CC3)C(=O)N2[C@H](c2cc(F)c(F)c(F)c2)C1. The fourth-order valence-corrected chi connectivity index (χ4v) is 5.60. The molecule has 1 amide bonds. The van der Waals surface area contributed by atoms with E-state index < -0.39 is 29.1 Å². The van der Waals surface area contributed by atoms with E-state index in [9.17, 15) is 18.0 Å². The number of fused-ring (bicyclic) bond motifs is 1. The second-order valence-corrected chi connectivity index (χ2v) is 9.99. The first-order valence-corrected chi connectivity index (χ1v) is 12.6. The van der Waals surface area contributed by atoms with Crippen LogP contribution in [0.25, 0.3) is 5.70 Å². The Labute approximate surface area is 214 Å². The maximum absolute atomic E-state index is 14.2. The van der Waals surface area contributed by atoms with Gasteiger partial charge in [-0.2, -0.15) is 0 Å². The van der Waals surface area contributed by atoms with Crippen molar-refractivity contribution in [1.29, 1.82) is 0 Å². The summed E-state index contributed by atoms with van der Waals surface area (Å²) in [6.07, 6.45) is 13.3. The van der Waals surface area contributed by atoms with Gasteiger partial charge in [-0.05, 0) is 62.2 Å². The molecule has 0 saturated carbocycles. The van der Waals surface area contributed by atoms with E-state index in [4.69, 9.17) is 4.74 Å². The summed E-state index contributed by atoms with van der Waals surface area (Å²) >= 11 is 0. The van der Waals surface area contributed by atoms with Gasteiger partial charge in [-0.1, -0.05) is 13.0 Å². The number of aryl methyl sites for hydroxylation is 1. The molecule has 6 nitrogen and oxygen atoms in total. The molecule has 3 atom stereocenters. The molecule has 2 fully saturated rings. The molecule has 196 valence electrons. The second kappa shape index (κ2) is 9.95. The number of allylic oxidation sites excluding steroid dienone is 2. The Morgan fingerprint density at radius 3 is 2.57 bits per heavy atom. The maximum atomic E-state index is 14.2. The van der Waals surface area contributed by atoms with Gasteiger partial charge in [-0.25, -0.2) is 18.2 Å². The molecule has 2 aliphatic heterocycles. The number of piperidine rings is 1. The van der Waals surface area contributed by atoms with Crippen LogP contribution in [0.3, 0.4) is 0 Å². The van der Waals surface area contributed by atoms with Crippen LogP contribution in [0.1, 0.15) is 43.5 Å². The summed E-state index contributed by atoms with van der Waals surface area (Å²) in [6, 6.07) is 1.33. The van der Waals surface area contributed by atoms with Crippen LogP contribution in [0.2, 0.25) is 0 Å². The third-order valence-corrected chi connectivity index (χ3v) is 7.70. The summed E-state index contributed by atoms with van der Waals surface area (Å²) in [4.78, 5) is 22.0. The normalized spacial score (nSPS) is 27.5. The lowest BCUT2D eigenvalue weighted by Gasteiger charge is -2.49. The number of methoxy groups -OCH3 is 1. The van der Waals surface area contributed by atoms with Crippen LogP contribution >= 0.6 is 0 Å². The Hall–Kier alpha value is -3.17. The fourth-order valence-electron chi connectivity index (χ4n) is 5.60. The molecular formula is C28H31F3N4O2. The van der Waals surface area contributed by atoms with E-state index in [2.05, 4.69) is 9.88 Å². The number of aromatic nitrogens is 2. The quantitative estimate of drug-likeness (QED) is 0.427. The highest BCUT2D eigenvalue weighted by Crippen LogP contribution is 2.39. The third-order valence-electron chi connectivity index (χ3n) is 7.70. The Bertz CT molecular complexity index is 1280. The molecule has 0 bridgehead atoms. The first-order chi connectivity index (χ1) is 17.7. The monoisotopic (exact) mass is 512 g/mol. The smallest absolute Gasteiger partial charge is 0.250 e. The molecule has 2 saturated heterocycles. The van der Waals surface area contributed by atoms with Crippen molar-refractivity contribution < 1.29 is 22.7 Å². The third kappa shape index (κ3) is 4.78. The Morgan fingerprint density at radius 1 is 1.22 bits per heavy atom. The zero-order chi connectivity index (χ0) is 26.3. The minimum absolute atomic E-state index is 0.101. The number of ether oxygens (including phenoxy) is 1. The molecule has 0 spiro atoms. The number of nitrogens with zero attached hydrogens (tertiary/aromatic N) is 4. The largest absolute Gasteiger partial charge is 0.370 e. The van der Waals surface area contributed by atoms with E-state index in [1.54, 1.807) is 18.3 Å². The number of rotatable bonds is 5. The van der Waals surface area contributed by atoms with E-state index in [1.807, 2.05) is 48.9 Å². The van der Waals surface area contributed by atoms with E-state index >= 15 is 0 Å². The first-order valence-electron chi connectivity index (χ1n) is 12.6. The van der Waals surface area contributed by atoms with Crippen molar-refractivity contribution in [3.8, 4) is 0 Å². The Kier molecular flexibility index (Phi) is 6.85. The first kappa shape index (κ1) is 25.5. The number of amides is 1. The van der Waals surface area contributed by atoms with Crippen molar-refractivity contribution in [2.45, 2.75) is 50.8 Å². The number of piperazine rings is 1. The zero-order valence-corrected chi connectivity index (χ0v) is 21.3. The van der Waals surface area contributed by atoms with Gasteiger partial charge in [0.05, 0.1) is 18.1 Å². The van der Waals surface area contributed by atoms with Crippen LogP contribution in [0.15, 0.2) is 54.5 Å². The van der Waals surface area contributed by atoms with Crippen molar-refractivity contribution in [2.75, 3.05) is 26.7 Å². The van der Waals surface area contributed by atoms with Crippen molar-refractivity contribution in [3.05, 3.63) is 83.2 Å². The number of hydrogen-bond donors (Lipinski definition) is 0. The average molecular weight is 513 g/mol. The van der Waals surface area contributed by atoms with Gasteiger partial charge in [0.25, 0.3) is 0 Å². The van der Waals surface area contributed by atoms with Crippen LogP contribution in [0.5, 0.6) is 0 Å². The van der Waals surface area contributed by atoms with Gasteiger partial charge in [0.2, 0.25) is 5.91 Å². The maximum Gasteiger partial charge on any atom is 0.250 e. The lowest BCUT2D eigenvalue weighted by atomic mass is 9.85. The number of hydrogen-bond acceptors (Lipinski definition) is 4. The number of likely N-dealkylation sites (N-methyl/N-ethyl adjacent to an activating group) is 1. The molecule has 37 heavy (non-hydrogen) atoms. The molecular weight excluding hydrogens is 481 g/mol. The highest BCUT2D eigenvalue weighted by Gasteiger charge is 2.43. The van der Waals surface area contributed by atoms with Crippen molar-refractivity contribution >= 4 is 11.6 Å². The van der Waals surface area contributed by atoms with Crippen molar-refractivity contribution in [1.82, 2.24) is 19.4 Å². The molecule has 1 aromatic carbocycles. The van der Waals surface area contributed by atoms with Crippen LogP contribution in [0, 0.1) is 24.4 Å². The van der Waals surface area contributed by atoms with Gasteiger partial charge in [-0.15, -0.1) is 0 Å². The lowest BCUT2D eigenvalue weighted by Crippen LogP contribution is -2.58. The fraction of sp³-hybridized carbons (Fsp3) is 0.429. The number of carbonyl (C=O) groups is 1. The minimum Gasteiger partial charge on any atom is -0.370 e. The van der Waals surface area contributed by atoms with Gasteiger partial charge in [-0.3, -0.25) is 9.69 Å². The number of halogens is 3. The lowest BCUT2D eigenvalue weighted by molar-refractivity contribution is -0.139. The van der Waals surface area contributed by atoms with Gasteiger partial charge in [0.1, 0.15) is 5.60 Å². The zero-order valence-electron chi connectivity index (χ0n) is 21.3. The number of benzene rings is 1. The van der Waals surface area contributed by atoms with E-state index in [0.29, 0.717) is 31.5 Å². The number of imidazole rings is 1. The van der Waals surface area contributed by atoms with Crippen LogP contribution in [0.4, 0.5) is 13.2 Å². The molecule has 0 N–H and O–H groups in total. The van der Waals surface area contributed by atoms with Crippen molar-refractivity contribution in [3.63, 3.8) is 0 Å². The molecule has 2 aromatic rings. The highest BCUT2D eigenvalue weighted by molar-refractivity contribution is 5.95. The minimum atomic E-state index is -1.50. The molecule has 5 rings (SSSR count). The average Bonchev–Trinajstić information content (AvgIpc) is 3.34. The van der Waals surface area contributed by atoms with Crippen LogP contribution in [-0.4, -0.2) is 63.6 Å². The van der Waals surface area contributed by atoms with E-state index in [-0.39, 0.29) is 17.5 Å².